The van der Waals surface area contributed by atoms with Gasteiger partial charge in [-0.05, 0) is 13.8 Å². The standard InChI is InChI=1S/C6H12O4/c1-5-6(2)8-4-10-9-3-7-5/h5-6H,3-4H2,1-2H3. The summed E-state index contributed by atoms with van der Waals surface area (Å²) in [4.78, 5) is 9.09. The van der Waals surface area contributed by atoms with Gasteiger partial charge in [-0.1, -0.05) is 0 Å². The van der Waals surface area contributed by atoms with Gasteiger partial charge in [-0.25, -0.2) is 9.78 Å². The molecular formula is C6H12O4. The number of hydrogen-bond acceptors (Lipinski definition) is 4. The van der Waals surface area contributed by atoms with Gasteiger partial charge in [0.2, 0.25) is 0 Å². The molecule has 1 aliphatic rings. The highest BCUT2D eigenvalue weighted by atomic mass is 17.2. The zero-order chi connectivity index (χ0) is 7.40. The van der Waals surface area contributed by atoms with Crippen molar-refractivity contribution in [2.24, 2.45) is 0 Å². The minimum Gasteiger partial charge on any atom is -0.347 e. The molecule has 0 bridgehead atoms. The van der Waals surface area contributed by atoms with Crippen LogP contribution in [0.5, 0.6) is 0 Å². The first-order valence-corrected chi connectivity index (χ1v) is 3.28. The predicted molar refractivity (Wildman–Crippen MR) is 33.0 cm³/mol. The largest absolute Gasteiger partial charge is 0.347 e. The Hall–Kier alpha value is -0.160. The van der Waals surface area contributed by atoms with Gasteiger partial charge in [0.15, 0.2) is 13.6 Å². The molecule has 0 amide bonds. The van der Waals surface area contributed by atoms with Crippen LogP contribution in [0.25, 0.3) is 0 Å². The zero-order valence-electron chi connectivity index (χ0n) is 6.20. The fourth-order valence-corrected chi connectivity index (χ4v) is 0.609. The van der Waals surface area contributed by atoms with Gasteiger partial charge >= 0.3 is 0 Å². The second-order valence-electron chi connectivity index (χ2n) is 2.21. The SMILES string of the molecule is CC1OCOOCOC1C. The van der Waals surface area contributed by atoms with Crippen molar-refractivity contribution >= 4 is 0 Å². The molecule has 1 rings (SSSR count). The van der Waals surface area contributed by atoms with E-state index in [1.165, 1.54) is 0 Å². The molecule has 2 unspecified atom stereocenters. The molecule has 0 N–H and O–H groups in total. The summed E-state index contributed by atoms with van der Waals surface area (Å²) >= 11 is 0. The Morgan fingerprint density at radius 1 is 0.900 bits per heavy atom. The van der Waals surface area contributed by atoms with E-state index in [0.29, 0.717) is 0 Å². The highest BCUT2D eigenvalue weighted by molar-refractivity contribution is 4.58. The van der Waals surface area contributed by atoms with E-state index >= 15 is 0 Å². The van der Waals surface area contributed by atoms with Crippen LogP contribution >= 0.6 is 0 Å². The molecule has 4 nitrogen and oxygen atoms in total. The van der Waals surface area contributed by atoms with Gasteiger partial charge < -0.3 is 9.47 Å². The van der Waals surface area contributed by atoms with Crippen LogP contribution in [-0.4, -0.2) is 25.8 Å². The van der Waals surface area contributed by atoms with E-state index in [1.807, 2.05) is 13.8 Å². The molecule has 2 atom stereocenters. The molecule has 0 radical (unpaired) electrons. The fraction of sp³-hybridized carbons (Fsp3) is 1.00. The summed E-state index contributed by atoms with van der Waals surface area (Å²) in [6, 6.07) is 0. The van der Waals surface area contributed by atoms with Crippen LogP contribution < -0.4 is 0 Å². The van der Waals surface area contributed by atoms with Crippen LogP contribution in [0.1, 0.15) is 13.8 Å². The average Bonchev–Trinajstić information content (AvgIpc) is 1.92. The Kier molecular flexibility index (Phi) is 3.08. The van der Waals surface area contributed by atoms with Crippen LogP contribution in [0.2, 0.25) is 0 Å². The van der Waals surface area contributed by atoms with E-state index in [1.54, 1.807) is 0 Å². The van der Waals surface area contributed by atoms with Crippen LogP contribution in [0.3, 0.4) is 0 Å². The number of rotatable bonds is 0. The lowest BCUT2D eigenvalue weighted by atomic mass is 10.2. The van der Waals surface area contributed by atoms with Crippen molar-refractivity contribution in [3.05, 3.63) is 0 Å². The van der Waals surface area contributed by atoms with Crippen molar-refractivity contribution in [2.45, 2.75) is 26.1 Å². The van der Waals surface area contributed by atoms with E-state index in [-0.39, 0.29) is 25.8 Å². The maximum atomic E-state index is 5.12. The zero-order valence-corrected chi connectivity index (χ0v) is 6.20. The predicted octanol–water partition coefficient (Wildman–Crippen LogP) is 0.673. The van der Waals surface area contributed by atoms with E-state index in [0.717, 1.165) is 0 Å². The van der Waals surface area contributed by atoms with E-state index in [2.05, 4.69) is 9.78 Å². The quantitative estimate of drug-likeness (QED) is 0.473. The highest BCUT2D eigenvalue weighted by Gasteiger charge is 2.15. The molecule has 1 heterocycles. The molecule has 0 aromatic rings. The molecule has 60 valence electrons. The maximum absolute atomic E-state index is 5.12. The molecule has 1 aliphatic heterocycles. The summed E-state index contributed by atoms with van der Waals surface area (Å²) in [6.45, 7) is 4.21. The van der Waals surface area contributed by atoms with Crippen molar-refractivity contribution in [1.29, 1.82) is 0 Å². The van der Waals surface area contributed by atoms with Crippen molar-refractivity contribution in [3.63, 3.8) is 0 Å². The van der Waals surface area contributed by atoms with Crippen molar-refractivity contribution in [1.82, 2.24) is 0 Å². The monoisotopic (exact) mass is 148 g/mol. The van der Waals surface area contributed by atoms with Gasteiger partial charge in [0.1, 0.15) is 0 Å². The van der Waals surface area contributed by atoms with E-state index in [9.17, 15) is 0 Å². The summed E-state index contributed by atoms with van der Waals surface area (Å²) in [5, 5.41) is 0. The first kappa shape index (κ1) is 7.94. The number of hydrogen-bond donors (Lipinski definition) is 0. The van der Waals surface area contributed by atoms with Gasteiger partial charge in [0.25, 0.3) is 0 Å². The Morgan fingerprint density at radius 3 is 1.70 bits per heavy atom. The van der Waals surface area contributed by atoms with Gasteiger partial charge in [0, 0.05) is 0 Å². The van der Waals surface area contributed by atoms with Gasteiger partial charge in [-0.3, -0.25) is 0 Å². The van der Waals surface area contributed by atoms with Crippen LogP contribution in [0.15, 0.2) is 0 Å². The Labute approximate surface area is 59.9 Å². The van der Waals surface area contributed by atoms with E-state index < -0.39 is 0 Å². The summed E-state index contributed by atoms with van der Waals surface area (Å²) in [7, 11) is 0. The lowest BCUT2D eigenvalue weighted by molar-refractivity contribution is -0.398. The van der Waals surface area contributed by atoms with Crippen LogP contribution in [0.4, 0.5) is 0 Å². The summed E-state index contributed by atoms with van der Waals surface area (Å²) in [6.07, 6.45) is 0.118. The lowest BCUT2D eigenvalue weighted by Gasteiger charge is -2.22. The minimum atomic E-state index is 0.0592. The third-order valence-corrected chi connectivity index (χ3v) is 1.50. The molecule has 10 heavy (non-hydrogen) atoms. The summed E-state index contributed by atoms with van der Waals surface area (Å²) in [5.41, 5.74) is 0. The van der Waals surface area contributed by atoms with Crippen molar-refractivity contribution < 1.29 is 19.2 Å². The molecule has 4 heteroatoms. The van der Waals surface area contributed by atoms with Gasteiger partial charge in [-0.15, -0.1) is 0 Å². The van der Waals surface area contributed by atoms with Gasteiger partial charge in [0.05, 0.1) is 12.2 Å². The lowest BCUT2D eigenvalue weighted by Crippen LogP contribution is -2.30. The van der Waals surface area contributed by atoms with E-state index in [4.69, 9.17) is 9.47 Å². The molecule has 0 saturated carbocycles. The molecule has 1 fully saturated rings. The van der Waals surface area contributed by atoms with Crippen molar-refractivity contribution in [3.8, 4) is 0 Å². The second kappa shape index (κ2) is 3.88. The summed E-state index contributed by atoms with van der Waals surface area (Å²) < 4.78 is 10.2. The minimum absolute atomic E-state index is 0.0592. The molecule has 0 aliphatic carbocycles. The smallest absolute Gasteiger partial charge is 0.181 e. The van der Waals surface area contributed by atoms with Crippen LogP contribution in [0, 0.1) is 0 Å². The highest BCUT2D eigenvalue weighted by Crippen LogP contribution is 2.05. The third kappa shape index (κ3) is 2.22. The fourth-order valence-electron chi connectivity index (χ4n) is 0.609. The van der Waals surface area contributed by atoms with Gasteiger partial charge in [-0.2, -0.15) is 0 Å². The molecule has 0 spiro atoms. The summed E-state index contributed by atoms with van der Waals surface area (Å²) in [5.74, 6) is 0. The molecule has 0 aromatic heterocycles. The first-order valence-electron chi connectivity index (χ1n) is 3.28. The number of ether oxygens (including phenoxy) is 2. The second-order valence-corrected chi connectivity index (χ2v) is 2.21. The average molecular weight is 148 g/mol. The molecule has 0 aromatic carbocycles. The van der Waals surface area contributed by atoms with Crippen LogP contribution in [-0.2, 0) is 19.2 Å². The Balaban J connectivity index is 2.28. The molecular weight excluding hydrogens is 136 g/mol. The normalized spacial score (nSPS) is 36.6. The Bertz CT molecular complexity index is 83.7. The first-order chi connectivity index (χ1) is 4.80. The third-order valence-electron chi connectivity index (χ3n) is 1.50. The van der Waals surface area contributed by atoms with Crippen molar-refractivity contribution in [2.75, 3.05) is 13.6 Å². The Morgan fingerprint density at radius 2 is 1.30 bits per heavy atom. The molecule has 1 saturated heterocycles. The maximum Gasteiger partial charge on any atom is 0.181 e. The topological polar surface area (TPSA) is 36.9 Å².